The molecule has 0 saturated carbocycles. The van der Waals surface area contributed by atoms with Gasteiger partial charge in [-0.15, -0.1) is 6.42 Å². The van der Waals surface area contributed by atoms with Crippen LogP contribution in [0, 0.1) is 33.1 Å². The normalized spacial score (nSPS) is 12.3. The maximum atomic E-state index is 5.77. The number of rotatable bonds is 8. The molecule has 11 aromatic carbocycles. The van der Waals surface area contributed by atoms with Crippen molar-refractivity contribution in [2.75, 3.05) is 0 Å². The molecule has 0 amide bonds. The van der Waals surface area contributed by atoms with Crippen LogP contribution in [0.15, 0.2) is 199 Å². The summed E-state index contributed by atoms with van der Waals surface area (Å²) in [5.74, 6) is 2.75. The highest BCUT2D eigenvalue weighted by atomic mass is 14.2. The van der Waals surface area contributed by atoms with Gasteiger partial charge in [0.25, 0.3) is 0 Å². The second kappa shape index (κ2) is 16.2. The topological polar surface area (TPSA) is 0 Å². The lowest BCUT2D eigenvalue weighted by Gasteiger charge is -2.26. The van der Waals surface area contributed by atoms with E-state index in [-0.39, 0.29) is 6.71 Å². The fourth-order valence-electron chi connectivity index (χ4n) is 11.1. The molecular formula is C64H49B. The van der Waals surface area contributed by atoms with Crippen LogP contribution >= 0.6 is 0 Å². The summed E-state index contributed by atoms with van der Waals surface area (Å²) in [4.78, 5) is 0. The lowest BCUT2D eigenvalue weighted by atomic mass is 9.35. The highest BCUT2D eigenvalue weighted by Crippen LogP contribution is 2.47. The molecule has 0 bridgehead atoms. The minimum atomic E-state index is 0.0779. The average Bonchev–Trinajstić information content (AvgIpc) is 3.32. The van der Waals surface area contributed by atoms with Crippen LogP contribution in [0.5, 0.6) is 0 Å². The molecule has 0 aromatic heterocycles. The molecule has 11 aromatic rings. The highest BCUT2D eigenvalue weighted by molar-refractivity contribution is 6.88. The van der Waals surface area contributed by atoms with Gasteiger partial charge in [0.1, 0.15) is 0 Å². The molecule has 0 radical (unpaired) electrons. The summed E-state index contributed by atoms with van der Waals surface area (Å²) < 4.78 is 0. The standard InChI is InChI=1S/C64H49B/c1-7-14-40(2)31-42(4)39-65(64-43(5)32-41(3)33-44(64)6)61-38-60(53-26-23-47-17-10-13-20-50(47)36-53)56-28-27-54-58(51-24-21-45-15-8-11-18-48(45)34-51)37-59(55-29-30-57(61)63(56)62(54)55)52-25-22-46-16-9-12-19-49(46)35-52/h1,8-38H,39H2,2-6H3/b40-14-,42-31-. The summed E-state index contributed by atoms with van der Waals surface area (Å²) in [6, 6.07) is 66.5. The van der Waals surface area contributed by atoms with Crippen LogP contribution in [-0.4, -0.2) is 6.71 Å². The van der Waals surface area contributed by atoms with Gasteiger partial charge in [0.05, 0.1) is 0 Å². The predicted molar refractivity (Wildman–Crippen MR) is 286 cm³/mol. The summed E-state index contributed by atoms with van der Waals surface area (Å²) in [6.45, 7) is 11.3. The average molecular weight is 829 g/mol. The zero-order chi connectivity index (χ0) is 44.3. The van der Waals surface area contributed by atoms with Crippen molar-refractivity contribution in [3.63, 3.8) is 0 Å². The van der Waals surface area contributed by atoms with E-state index >= 15 is 0 Å². The zero-order valence-corrected chi connectivity index (χ0v) is 37.8. The van der Waals surface area contributed by atoms with Gasteiger partial charge in [0, 0.05) is 0 Å². The predicted octanol–water partition coefficient (Wildman–Crippen LogP) is 16.1. The van der Waals surface area contributed by atoms with E-state index in [9.17, 15) is 0 Å². The molecule has 0 unspecified atom stereocenters. The Labute approximate surface area is 383 Å². The number of allylic oxidation sites excluding steroid dienone is 4. The minimum absolute atomic E-state index is 0.0779. The fourth-order valence-corrected chi connectivity index (χ4v) is 11.1. The summed E-state index contributed by atoms with van der Waals surface area (Å²) in [5, 5.41) is 15.2. The van der Waals surface area contributed by atoms with Crippen molar-refractivity contribution in [3.05, 3.63) is 216 Å². The molecule has 11 rings (SSSR count). The summed E-state index contributed by atoms with van der Waals surface area (Å²) >= 11 is 0. The van der Waals surface area contributed by atoms with Crippen LogP contribution < -0.4 is 10.9 Å². The number of terminal acetylenes is 1. The third kappa shape index (κ3) is 7.08. The molecule has 1 heteroatoms. The molecule has 0 spiro atoms. The first-order valence-electron chi connectivity index (χ1n) is 22.9. The van der Waals surface area contributed by atoms with E-state index in [1.165, 1.54) is 131 Å². The second-order valence-electron chi connectivity index (χ2n) is 18.4. The van der Waals surface area contributed by atoms with Gasteiger partial charge in [-0.2, -0.15) is 0 Å². The van der Waals surface area contributed by atoms with Crippen LogP contribution in [0.25, 0.3) is 98.0 Å². The quantitative estimate of drug-likeness (QED) is 0.0619. The van der Waals surface area contributed by atoms with Crippen molar-refractivity contribution >= 4 is 82.3 Å². The van der Waals surface area contributed by atoms with Gasteiger partial charge in [-0.05, 0) is 175 Å². The van der Waals surface area contributed by atoms with Gasteiger partial charge in [0.15, 0.2) is 0 Å². The van der Waals surface area contributed by atoms with Crippen molar-refractivity contribution in [3.8, 4) is 45.7 Å². The van der Waals surface area contributed by atoms with Crippen molar-refractivity contribution < 1.29 is 0 Å². The molecule has 0 atom stereocenters. The molecule has 0 aliphatic rings. The summed E-state index contributed by atoms with van der Waals surface area (Å²) in [6.07, 6.45) is 10.8. The first-order chi connectivity index (χ1) is 31.7. The van der Waals surface area contributed by atoms with E-state index in [1.807, 2.05) is 6.08 Å². The first-order valence-corrected chi connectivity index (χ1v) is 22.9. The molecule has 0 nitrogen and oxygen atoms in total. The molecule has 65 heavy (non-hydrogen) atoms. The number of aryl methyl sites for hydroxylation is 3. The van der Waals surface area contributed by atoms with Crippen LogP contribution in [0.2, 0.25) is 6.32 Å². The monoisotopic (exact) mass is 828 g/mol. The van der Waals surface area contributed by atoms with E-state index < -0.39 is 0 Å². The largest absolute Gasteiger partial charge is 0.214 e. The molecule has 0 aliphatic carbocycles. The van der Waals surface area contributed by atoms with E-state index in [2.05, 4.69) is 223 Å². The third-order valence-corrected chi connectivity index (χ3v) is 13.9. The van der Waals surface area contributed by atoms with E-state index in [0.29, 0.717) is 0 Å². The zero-order valence-electron chi connectivity index (χ0n) is 37.8. The number of fused-ring (bicyclic) bond motifs is 3. The Bertz CT molecular complexity index is 3690. The number of hydrogen-bond donors (Lipinski definition) is 0. The Morgan fingerprint density at radius 3 is 1.35 bits per heavy atom. The lowest BCUT2D eigenvalue weighted by Crippen LogP contribution is -2.45. The van der Waals surface area contributed by atoms with Gasteiger partial charge in [0.2, 0.25) is 6.71 Å². The second-order valence-corrected chi connectivity index (χ2v) is 18.4. The van der Waals surface area contributed by atoms with Crippen LogP contribution in [0.1, 0.15) is 30.5 Å². The molecular weight excluding hydrogens is 780 g/mol. The van der Waals surface area contributed by atoms with Crippen LogP contribution in [-0.2, 0) is 0 Å². The Hall–Kier alpha value is -7.66. The van der Waals surface area contributed by atoms with Gasteiger partial charge in [-0.25, -0.2) is 0 Å². The van der Waals surface area contributed by atoms with Gasteiger partial charge in [-0.1, -0.05) is 197 Å². The van der Waals surface area contributed by atoms with Gasteiger partial charge < -0.3 is 0 Å². The first kappa shape index (κ1) is 40.1. The number of hydrogen-bond acceptors (Lipinski definition) is 0. The summed E-state index contributed by atoms with van der Waals surface area (Å²) in [5.41, 5.74) is 16.5. The Morgan fingerprint density at radius 1 is 0.477 bits per heavy atom. The van der Waals surface area contributed by atoms with Crippen molar-refractivity contribution in [2.45, 2.75) is 40.9 Å². The van der Waals surface area contributed by atoms with Crippen LogP contribution in [0.3, 0.4) is 0 Å². The molecule has 0 fully saturated rings. The Kier molecular flexibility index (Phi) is 9.98. The molecule has 0 N–H and O–H groups in total. The fraction of sp³-hybridized carbons (Fsp3) is 0.0938. The van der Waals surface area contributed by atoms with E-state index in [4.69, 9.17) is 6.42 Å². The Balaban J connectivity index is 1.29. The molecule has 0 saturated heterocycles. The van der Waals surface area contributed by atoms with Crippen molar-refractivity contribution in [2.24, 2.45) is 0 Å². The molecule has 0 heterocycles. The van der Waals surface area contributed by atoms with E-state index in [1.54, 1.807) is 0 Å². The number of benzene rings is 11. The Morgan fingerprint density at radius 2 is 0.892 bits per heavy atom. The van der Waals surface area contributed by atoms with Crippen LogP contribution in [0.4, 0.5) is 0 Å². The van der Waals surface area contributed by atoms with Crippen molar-refractivity contribution in [1.29, 1.82) is 0 Å². The highest BCUT2D eigenvalue weighted by Gasteiger charge is 2.29. The SMILES string of the molecule is C#C/C=C(C)\C=C(\C)CB(c1c(C)cc(C)cc1C)c1cc(-c2ccc3ccccc3c2)c2ccc3c(-c4ccc5ccccc5c4)cc(-c4ccc5ccccc5c4)c4ccc1c2c43. The van der Waals surface area contributed by atoms with Gasteiger partial charge in [-0.3, -0.25) is 0 Å². The molecule has 308 valence electrons. The molecule has 0 aliphatic heterocycles. The van der Waals surface area contributed by atoms with Gasteiger partial charge >= 0.3 is 0 Å². The van der Waals surface area contributed by atoms with E-state index in [0.717, 1.165) is 11.9 Å². The lowest BCUT2D eigenvalue weighted by molar-refractivity contribution is 1.31. The smallest absolute Gasteiger partial charge is 0.115 e. The third-order valence-electron chi connectivity index (χ3n) is 13.9. The maximum Gasteiger partial charge on any atom is 0.214 e. The summed E-state index contributed by atoms with van der Waals surface area (Å²) in [7, 11) is 0. The van der Waals surface area contributed by atoms with Crippen molar-refractivity contribution in [1.82, 2.24) is 0 Å². The minimum Gasteiger partial charge on any atom is -0.115 e. The maximum absolute atomic E-state index is 5.77.